The topological polar surface area (TPSA) is 101 Å². The predicted molar refractivity (Wildman–Crippen MR) is 83.8 cm³/mol. The zero-order chi connectivity index (χ0) is 18.3. The van der Waals surface area contributed by atoms with Gasteiger partial charge in [0.25, 0.3) is 11.6 Å². The summed E-state index contributed by atoms with van der Waals surface area (Å²) in [6.45, 7) is 4.86. The lowest BCUT2D eigenvalue weighted by atomic mass is 9.85. The molecule has 1 fully saturated rings. The van der Waals surface area contributed by atoms with Gasteiger partial charge in [-0.1, -0.05) is 26.8 Å². The molecule has 0 aliphatic carbocycles. The molecule has 8 heteroatoms. The highest BCUT2D eigenvalue weighted by molar-refractivity contribution is 5.96. The van der Waals surface area contributed by atoms with Gasteiger partial charge in [-0.05, 0) is 11.5 Å². The SMILES string of the molecule is CC(C)(C)c1ccc(C(=O)N2CCC(F)(C(=O)O)C2)cc1[N+](=O)[O-]. The van der Waals surface area contributed by atoms with Crippen molar-refractivity contribution in [3.05, 3.63) is 39.4 Å². The first-order valence-corrected chi connectivity index (χ1v) is 7.46. The molecular formula is C16H19FN2O5. The van der Waals surface area contributed by atoms with E-state index >= 15 is 0 Å². The Kier molecular flexibility index (Phi) is 4.34. The summed E-state index contributed by atoms with van der Waals surface area (Å²) in [5.74, 6) is -2.22. The number of nitro benzene ring substituents is 1. The Hall–Kier alpha value is -2.51. The second-order valence-electron chi connectivity index (χ2n) is 6.99. The van der Waals surface area contributed by atoms with E-state index in [1.165, 1.54) is 18.2 Å². The lowest BCUT2D eigenvalue weighted by Crippen LogP contribution is -2.38. The molecule has 0 radical (unpaired) electrons. The highest BCUT2D eigenvalue weighted by Gasteiger charge is 2.47. The monoisotopic (exact) mass is 338 g/mol. The summed E-state index contributed by atoms with van der Waals surface area (Å²) in [5.41, 5.74) is -2.60. The average Bonchev–Trinajstić information content (AvgIpc) is 2.89. The minimum absolute atomic E-state index is 0.0452. The molecule has 0 bridgehead atoms. The Morgan fingerprint density at radius 2 is 2.00 bits per heavy atom. The second-order valence-corrected chi connectivity index (χ2v) is 6.99. The van der Waals surface area contributed by atoms with E-state index in [2.05, 4.69) is 0 Å². The number of aliphatic carboxylic acids is 1. The van der Waals surface area contributed by atoms with E-state index in [1.54, 1.807) is 0 Å². The molecule has 7 nitrogen and oxygen atoms in total. The summed E-state index contributed by atoms with van der Waals surface area (Å²) in [6.07, 6.45) is -0.295. The van der Waals surface area contributed by atoms with Gasteiger partial charge in [-0.25, -0.2) is 9.18 Å². The van der Waals surface area contributed by atoms with Crippen molar-refractivity contribution in [3.8, 4) is 0 Å². The summed E-state index contributed by atoms with van der Waals surface area (Å²) in [7, 11) is 0. The standard InChI is InChI=1S/C16H19FN2O5/c1-15(2,3)11-5-4-10(8-12(11)19(23)24)13(20)18-7-6-16(17,9-18)14(21)22/h4-5,8H,6-7,9H2,1-3H3,(H,21,22). The molecule has 1 aromatic carbocycles. The van der Waals surface area contributed by atoms with Gasteiger partial charge in [-0.15, -0.1) is 0 Å². The summed E-state index contributed by atoms with van der Waals surface area (Å²) >= 11 is 0. The smallest absolute Gasteiger partial charge is 0.343 e. The predicted octanol–water partition coefficient (Wildman–Crippen LogP) is 2.53. The van der Waals surface area contributed by atoms with Crippen LogP contribution in [0.15, 0.2) is 18.2 Å². The van der Waals surface area contributed by atoms with Crippen molar-refractivity contribution in [2.75, 3.05) is 13.1 Å². The lowest BCUT2D eigenvalue weighted by molar-refractivity contribution is -0.386. The Morgan fingerprint density at radius 1 is 1.38 bits per heavy atom. The number of carbonyl (C=O) groups is 2. The van der Waals surface area contributed by atoms with Gasteiger partial charge in [0.05, 0.1) is 11.5 Å². The van der Waals surface area contributed by atoms with Crippen LogP contribution in [0.2, 0.25) is 0 Å². The minimum atomic E-state index is -2.47. The van der Waals surface area contributed by atoms with Crippen LogP contribution in [0.3, 0.4) is 0 Å². The molecule has 0 aromatic heterocycles. The molecule has 1 amide bonds. The number of benzene rings is 1. The van der Waals surface area contributed by atoms with Gasteiger partial charge in [0.2, 0.25) is 5.67 Å². The van der Waals surface area contributed by atoms with Gasteiger partial charge < -0.3 is 10.0 Å². The van der Waals surface area contributed by atoms with Crippen molar-refractivity contribution in [3.63, 3.8) is 0 Å². The molecule has 24 heavy (non-hydrogen) atoms. The van der Waals surface area contributed by atoms with Crippen LogP contribution in [0.25, 0.3) is 0 Å². The van der Waals surface area contributed by atoms with Crippen LogP contribution in [0.4, 0.5) is 10.1 Å². The van der Waals surface area contributed by atoms with Crippen LogP contribution < -0.4 is 0 Å². The molecule has 1 atom stereocenters. The zero-order valence-corrected chi connectivity index (χ0v) is 13.7. The number of hydrogen-bond donors (Lipinski definition) is 1. The van der Waals surface area contributed by atoms with Gasteiger partial charge in [0.1, 0.15) is 0 Å². The van der Waals surface area contributed by atoms with Gasteiger partial charge in [-0.3, -0.25) is 14.9 Å². The van der Waals surface area contributed by atoms with Crippen molar-refractivity contribution in [1.29, 1.82) is 0 Å². The number of rotatable bonds is 3. The summed E-state index contributed by atoms with van der Waals surface area (Å²) in [4.78, 5) is 35.2. The number of carboxylic acids is 1. The number of carboxylic acid groups (broad SMARTS) is 1. The van der Waals surface area contributed by atoms with E-state index in [0.29, 0.717) is 5.56 Å². The maximum atomic E-state index is 14.1. The number of alkyl halides is 1. The number of nitrogens with zero attached hydrogens (tertiary/aromatic N) is 2. The molecule has 1 aliphatic heterocycles. The number of carbonyl (C=O) groups excluding carboxylic acids is 1. The fourth-order valence-corrected chi connectivity index (χ4v) is 2.75. The number of halogens is 1. The quantitative estimate of drug-likeness (QED) is 0.674. The summed E-state index contributed by atoms with van der Waals surface area (Å²) < 4.78 is 14.1. The third-order valence-corrected chi connectivity index (χ3v) is 4.14. The minimum Gasteiger partial charge on any atom is -0.479 e. The normalized spacial score (nSPS) is 20.9. The van der Waals surface area contributed by atoms with E-state index < -0.39 is 34.4 Å². The third kappa shape index (κ3) is 3.22. The van der Waals surface area contributed by atoms with E-state index in [1.807, 2.05) is 20.8 Å². The Labute approximate surface area is 138 Å². The molecule has 1 aromatic rings. The Balaban J connectivity index is 2.33. The zero-order valence-electron chi connectivity index (χ0n) is 13.7. The fraction of sp³-hybridized carbons (Fsp3) is 0.500. The average molecular weight is 338 g/mol. The van der Waals surface area contributed by atoms with Crippen molar-refractivity contribution in [2.45, 2.75) is 38.3 Å². The Bertz CT molecular complexity index is 713. The van der Waals surface area contributed by atoms with E-state index in [4.69, 9.17) is 5.11 Å². The lowest BCUT2D eigenvalue weighted by Gasteiger charge is -2.21. The summed E-state index contributed by atoms with van der Waals surface area (Å²) in [6, 6.07) is 4.14. The van der Waals surface area contributed by atoms with Crippen molar-refractivity contribution in [1.82, 2.24) is 4.90 Å². The third-order valence-electron chi connectivity index (χ3n) is 4.14. The highest BCUT2D eigenvalue weighted by atomic mass is 19.1. The molecule has 0 spiro atoms. The molecular weight excluding hydrogens is 319 g/mol. The van der Waals surface area contributed by atoms with Crippen LogP contribution in [-0.2, 0) is 10.2 Å². The number of amides is 1. The van der Waals surface area contributed by atoms with Crippen LogP contribution in [-0.4, -0.2) is 45.6 Å². The van der Waals surface area contributed by atoms with Gasteiger partial charge >= 0.3 is 5.97 Å². The molecule has 0 saturated carbocycles. The highest BCUT2D eigenvalue weighted by Crippen LogP contribution is 2.33. The molecule has 1 heterocycles. The second kappa shape index (κ2) is 5.85. The number of hydrogen-bond acceptors (Lipinski definition) is 4. The first-order chi connectivity index (χ1) is 11.0. The van der Waals surface area contributed by atoms with Crippen LogP contribution in [0.5, 0.6) is 0 Å². The molecule has 1 aliphatic rings. The van der Waals surface area contributed by atoms with E-state index in [0.717, 1.165) is 4.90 Å². The van der Waals surface area contributed by atoms with E-state index in [-0.39, 0.29) is 24.2 Å². The molecule has 130 valence electrons. The largest absolute Gasteiger partial charge is 0.479 e. The molecule has 1 unspecified atom stereocenters. The summed E-state index contributed by atoms with van der Waals surface area (Å²) in [5, 5.41) is 20.2. The van der Waals surface area contributed by atoms with E-state index in [9.17, 15) is 24.1 Å². The molecule has 1 N–H and O–H groups in total. The van der Waals surface area contributed by atoms with Gasteiger partial charge in [-0.2, -0.15) is 0 Å². The van der Waals surface area contributed by atoms with Crippen molar-refractivity contribution >= 4 is 17.6 Å². The maximum Gasteiger partial charge on any atom is 0.343 e. The van der Waals surface area contributed by atoms with Crippen molar-refractivity contribution in [2.24, 2.45) is 0 Å². The first kappa shape index (κ1) is 17.8. The fourth-order valence-electron chi connectivity index (χ4n) is 2.75. The van der Waals surface area contributed by atoms with Crippen molar-refractivity contribution < 1.29 is 24.0 Å². The molecule has 2 rings (SSSR count). The van der Waals surface area contributed by atoms with Gasteiger partial charge in [0.15, 0.2) is 0 Å². The Morgan fingerprint density at radius 3 is 2.46 bits per heavy atom. The number of likely N-dealkylation sites (tertiary alicyclic amines) is 1. The van der Waals surface area contributed by atoms with Crippen LogP contribution >= 0.6 is 0 Å². The number of nitro groups is 1. The first-order valence-electron chi connectivity index (χ1n) is 7.46. The maximum absolute atomic E-state index is 14.1. The van der Waals surface area contributed by atoms with Gasteiger partial charge in [0, 0.05) is 30.2 Å². The van der Waals surface area contributed by atoms with Crippen LogP contribution in [0.1, 0.15) is 43.1 Å². The molecule has 1 saturated heterocycles. The van der Waals surface area contributed by atoms with Crippen LogP contribution in [0, 0.1) is 10.1 Å².